The Kier molecular flexibility index (Phi) is 12.0. The van der Waals surface area contributed by atoms with E-state index in [0.29, 0.717) is 12.5 Å². The first kappa shape index (κ1) is 21.0. The summed E-state index contributed by atoms with van der Waals surface area (Å²) in [5, 5.41) is 9.23. The summed E-state index contributed by atoms with van der Waals surface area (Å²) in [6, 6.07) is 9.84. The van der Waals surface area contributed by atoms with Crippen molar-refractivity contribution in [3.05, 3.63) is 35.9 Å². The Morgan fingerprint density at radius 3 is 2.52 bits per heavy atom. The normalized spacial score (nSPS) is 11.2. The van der Waals surface area contributed by atoms with E-state index in [9.17, 15) is 4.79 Å². The third kappa shape index (κ3) is 11.2. The molecule has 25 heavy (non-hydrogen) atoms. The van der Waals surface area contributed by atoms with Crippen molar-refractivity contribution in [3.63, 3.8) is 0 Å². The molecule has 0 bridgehead atoms. The van der Waals surface area contributed by atoms with Gasteiger partial charge in [-0.1, -0.05) is 43.7 Å². The summed E-state index contributed by atoms with van der Waals surface area (Å²) >= 11 is 0. The molecule has 0 unspecified atom stereocenters. The molecule has 1 aromatic rings. The number of hydrogen-bond donors (Lipinski definition) is 3. The van der Waals surface area contributed by atoms with Crippen molar-refractivity contribution in [3.8, 4) is 0 Å². The van der Waals surface area contributed by atoms with Gasteiger partial charge < -0.3 is 20.7 Å². The van der Waals surface area contributed by atoms with E-state index < -0.39 is 0 Å². The van der Waals surface area contributed by atoms with Gasteiger partial charge in [-0.3, -0.25) is 4.79 Å². The van der Waals surface area contributed by atoms with Crippen molar-refractivity contribution in [2.75, 3.05) is 32.8 Å². The molecule has 0 aliphatic heterocycles. The van der Waals surface area contributed by atoms with Gasteiger partial charge in [-0.2, -0.15) is 0 Å². The Hall–Kier alpha value is -2.08. The third-order valence-electron chi connectivity index (χ3n) is 3.46. The van der Waals surface area contributed by atoms with Crippen LogP contribution in [0.3, 0.4) is 0 Å². The average molecular weight is 348 g/mol. The van der Waals surface area contributed by atoms with Crippen LogP contribution in [0, 0.1) is 0 Å². The summed E-state index contributed by atoms with van der Waals surface area (Å²) in [6.07, 6.45) is 3.17. The van der Waals surface area contributed by atoms with Gasteiger partial charge in [-0.15, -0.1) is 0 Å². The molecule has 0 heterocycles. The molecule has 0 saturated carbocycles. The van der Waals surface area contributed by atoms with Gasteiger partial charge in [0.1, 0.15) is 6.54 Å². The fraction of sp³-hybridized carbons (Fsp3) is 0.579. The number of ether oxygens (including phenoxy) is 1. The number of nitrogens with one attached hydrogen (secondary N) is 3. The molecule has 0 spiro atoms. The van der Waals surface area contributed by atoms with Gasteiger partial charge in [-0.05, 0) is 25.3 Å². The lowest BCUT2D eigenvalue weighted by atomic mass is 10.2. The zero-order valence-corrected chi connectivity index (χ0v) is 15.5. The maximum atomic E-state index is 11.9. The second-order valence-electron chi connectivity index (χ2n) is 5.70. The summed E-state index contributed by atoms with van der Waals surface area (Å²) in [5.74, 6) is 0.565. The quantitative estimate of drug-likeness (QED) is 0.307. The smallest absolute Gasteiger partial charge is 0.242 e. The highest BCUT2D eigenvalue weighted by Crippen LogP contribution is 1.96. The number of carbonyl (C=O) groups is 1. The van der Waals surface area contributed by atoms with E-state index in [-0.39, 0.29) is 12.5 Å². The minimum absolute atomic E-state index is 0.0936. The summed E-state index contributed by atoms with van der Waals surface area (Å²) in [7, 11) is 0. The lowest BCUT2D eigenvalue weighted by Crippen LogP contribution is -2.39. The van der Waals surface area contributed by atoms with Gasteiger partial charge in [0.25, 0.3) is 0 Å². The van der Waals surface area contributed by atoms with Gasteiger partial charge in [0.15, 0.2) is 5.96 Å². The minimum Gasteiger partial charge on any atom is -0.381 e. The van der Waals surface area contributed by atoms with E-state index in [4.69, 9.17) is 4.74 Å². The molecule has 0 saturated heterocycles. The molecule has 0 aliphatic rings. The Balaban J connectivity index is 2.23. The van der Waals surface area contributed by atoms with Crippen LogP contribution in [0.15, 0.2) is 35.3 Å². The highest BCUT2D eigenvalue weighted by molar-refractivity contribution is 5.84. The molecule has 6 nitrogen and oxygen atoms in total. The SMILES string of the molecule is CCCCOCCCNC(=NCC(=O)NCc1ccccc1)NCC. The number of unbranched alkanes of at least 4 members (excludes halogenated alkanes) is 1. The van der Waals surface area contributed by atoms with Crippen molar-refractivity contribution in [2.45, 2.75) is 39.7 Å². The maximum absolute atomic E-state index is 11.9. The van der Waals surface area contributed by atoms with Crippen LogP contribution in [0.1, 0.15) is 38.7 Å². The number of guanidine groups is 1. The van der Waals surface area contributed by atoms with Gasteiger partial charge in [-0.25, -0.2) is 4.99 Å². The molecule has 140 valence electrons. The summed E-state index contributed by atoms with van der Waals surface area (Å²) in [6.45, 7) is 7.87. The first-order valence-electron chi connectivity index (χ1n) is 9.16. The largest absolute Gasteiger partial charge is 0.381 e. The van der Waals surface area contributed by atoms with Crippen molar-refractivity contribution < 1.29 is 9.53 Å². The number of carbonyl (C=O) groups excluding carboxylic acids is 1. The molecule has 0 aliphatic carbocycles. The summed E-state index contributed by atoms with van der Waals surface area (Å²) in [5.41, 5.74) is 1.08. The van der Waals surface area contributed by atoms with Crippen LogP contribution in [0.2, 0.25) is 0 Å². The Morgan fingerprint density at radius 1 is 1.04 bits per heavy atom. The predicted octanol–water partition coefficient (Wildman–Crippen LogP) is 2.06. The van der Waals surface area contributed by atoms with E-state index in [2.05, 4.69) is 27.9 Å². The van der Waals surface area contributed by atoms with Crippen molar-refractivity contribution in [1.29, 1.82) is 0 Å². The predicted molar refractivity (Wildman–Crippen MR) is 103 cm³/mol. The number of benzene rings is 1. The molecular weight excluding hydrogens is 316 g/mol. The fourth-order valence-electron chi connectivity index (χ4n) is 2.07. The van der Waals surface area contributed by atoms with Gasteiger partial charge >= 0.3 is 0 Å². The first-order valence-corrected chi connectivity index (χ1v) is 9.16. The van der Waals surface area contributed by atoms with Gasteiger partial charge in [0.05, 0.1) is 0 Å². The molecular formula is C19H32N4O2. The fourth-order valence-corrected chi connectivity index (χ4v) is 2.07. The zero-order chi connectivity index (χ0) is 18.2. The van der Waals surface area contributed by atoms with Crippen molar-refractivity contribution in [1.82, 2.24) is 16.0 Å². The second kappa shape index (κ2) is 14.3. The standard InChI is InChI=1S/C19H32N4O2/c1-3-5-13-25-14-9-12-21-19(20-4-2)23-16-18(24)22-15-17-10-7-6-8-11-17/h6-8,10-11H,3-5,9,12-16H2,1-2H3,(H,22,24)(H2,20,21,23). The molecule has 1 aromatic carbocycles. The van der Waals surface area contributed by atoms with E-state index in [1.807, 2.05) is 37.3 Å². The number of hydrogen-bond acceptors (Lipinski definition) is 3. The molecule has 1 rings (SSSR count). The molecule has 1 amide bonds. The highest BCUT2D eigenvalue weighted by atomic mass is 16.5. The third-order valence-corrected chi connectivity index (χ3v) is 3.46. The molecule has 0 fully saturated rings. The number of aliphatic imine (C=N–C) groups is 1. The van der Waals surface area contributed by atoms with Crippen LogP contribution in [0.5, 0.6) is 0 Å². The van der Waals surface area contributed by atoms with E-state index in [1.165, 1.54) is 0 Å². The lowest BCUT2D eigenvalue weighted by molar-refractivity contribution is -0.119. The Bertz CT molecular complexity index is 491. The maximum Gasteiger partial charge on any atom is 0.242 e. The topological polar surface area (TPSA) is 74.8 Å². The van der Waals surface area contributed by atoms with E-state index in [1.54, 1.807) is 0 Å². The van der Waals surface area contributed by atoms with Crippen LogP contribution in [-0.2, 0) is 16.1 Å². The first-order chi connectivity index (χ1) is 12.3. The van der Waals surface area contributed by atoms with Crippen LogP contribution < -0.4 is 16.0 Å². The Labute approximate surface area is 151 Å². The zero-order valence-electron chi connectivity index (χ0n) is 15.5. The summed E-state index contributed by atoms with van der Waals surface area (Å²) < 4.78 is 5.52. The number of amides is 1. The van der Waals surface area contributed by atoms with E-state index in [0.717, 1.165) is 51.1 Å². The molecule has 0 radical (unpaired) electrons. The number of nitrogens with zero attached hydrogens (tertiary/aromatic N) is 1. The van der Waals surface area contributed by atoms with Crippen LogP contribution >= 0.6 is 0 Å². The van der Waals surface area contributed by atoms with Gasteiger partial charge in [0.2, 0.25) is 5.91 Å². The van der Waals surface area contributed by atoms with Crippen molar-refractivity contribution in [2.24, 2.45) is 4.99 Å². The second-order valence-corrected chi connectivity index (χ2v) is 5.70. The lowest BCUT2D eigenvalue weighted by Gasteiger charge is -2.11. The minimum atomic E-state index is -0.0936. The van der Waals surface area contributed by atoms with Crippen LogP contribution in [0.25, 0.3) is 0 Å². The number of rotatable bonds is 12. The van der Waals surface area contributed by atoms with Gasteiger partial charge in [0, 0.05) is 32.8 Å². The average Bonchev–Trinajstić information content (AvgIpc) is 2.64. The Morgan fingerprint density at radius 2 is 1.80 bits per heavy atom. The molecule has 3 N–H and O–H groups in total. The molecule has 0 atom stereocenters. The van der Waals surface area contributed by atoms with E-state index >= 15 is 0 Å². The van der Waals surface area contributed by atoms with Crippen LogP contribution in [-0.4, -0.2) is 44.7 Å². The summed E-state index contributed by atoms with van der Waals surface area (Å²) in [4.78, 5) is 16.2. The highest BCUT2D eigenvalue weighted by Gasteiger charge is 2.02. The molecule has 0 aromatic heterocycles. The van der Waals surface area contributed by atoms with Crippen LogP contribution in [0.4, 0.5) is 0 Å². The monoisotopic (exact) mass is 348 g/mol. The molecule has 6 heteroatoms. The van der Waals surface area contributed by atoms with Crippen molar-refractivity contribution >= 4 is 11.9 Å².